The summed E-state index contributed by atoms with van der Waals surface area (Å²) in [6, 6.07) is 3.45. The van der Waals surface area contributed by atoms with Crippen molar-refractivity contribution in [1.82, 2.24) is 19.8 Å². The molecule has 0 bridgehead atoms. The summed E-state index contributed by atoms with van der Waals surface area (Å²) in [6.07, 6.45) is 5.90. The average molecular weight is 346 g/mol. The molecule has 2 aliphatic heterocycles. The Hall–Kier alpha value is -2.54. The van der Waals surface area contributed by atoms with Crippen LogP contribution in [0.15, 0.2) is 35.8 Å². The summed E-state index contributed by atoms with van der Waals surface area (Å²) in [4.78, 5) is 22.5. The summed E-state index contributed by atoms with van der Waals surface area (Å²) in [6.45, 7) is 2.84. The number of aromatic nitrogens is 2. The van der Waals surface area contributed by atoms with Crippen molar-refractivity contribution >= 4 is 29.2 Å². The van der Waals surface area contributed by atoms with Crippen LogP contribution in [0, 0.1) is 0 Å². The Kier molecular flexibility index (Phi) is 3.65. The van der Waals surface area contributed by atoms with E-state index in [0.717, 1.165) is 11.3 Å². The summed E-state index contributed by atoms with van der Waals surface area (Å²) in [5, 5.41) is 3.36. The van der Waals surface area contributed by atoms with Gasteiger partial charge in [0.15, 0.2) is 6.73 Å². The highest BCUT2D eigenvalue weighted by atomic mass is 35.5. The second-order valence-electron chi connectivity index (χ2n) is 5.70. The minimum atomic E-state index is -0.205. The number of amides is 1. The van der Waals surface area contributed by atoms with Crippen molar-refractivity contribution in [2.75, 3.05) is 0 Å². The zero-order chi connectivity index (χ0) is 16.7. The highest BCUT2D eigenvalue weighted by Gasteiger charge is 2.38. The third-order valence-corrected chi connectivity index (χ3v) is 4.65. The first-order chi connectivity index (χ1) is 11.7. The number of imidazole rings is 1. The summed E-state index contributed by atoms with van der Waals surface area (Å²) in [5.41, 5.74) is 1.64. The SMILES string of the molecule is CCC1C(=O)NC2=Nc3ccc(OCn4ccnc4)c(Cl)c3CN21. The van der Waals surface area contributed by atoms with Gasteiger partial charge in [0.05, 0.1) is 23.6 Å². The van der Waals surface area contributed by atoms with E-state index < -0.39 is 0 Å². The van der Waals surface area contributed by atoms with E-state index in [4.69, 9.17) is 16.3 Å². The first kappa shape index (κ1) is 15.0. The van der Waals surface area contributed by atoms with Gasteiger partial charge < -0.3 is 14.2 Å². The largest absolute Gasteiger partial charge is 0.471 e. The fourth-order valence-corrected chi connectivity index (χ4v) is 3.26. The highest BCUT2D eigenvalue weighted by Crippen LogP contribution is 2.39. The predicted octanol–water partition coefficient (Wildman–Crippen LogP) is 2.28. The van der Waals surface area contributed by atoms with Crippen molar-refractivity contribution in [3.05, 3.63) is 41.4 Å². The molecule has 3 heterocycles. The fraction of sp³-hybridized carbons (Fsp3) is 0.312. The molecule has 1 amide bonds. The number of guanidine groups is 1. The van der Waals surface area contributed by atoms with E-state index in [2.05, 4.69) is 15.3 Å². The molecule has 1 unspecified atom stereocenters. The number of carbonyl (C=O) groups is 1. The Bertz CT molecular complexity index is 818. The van der Waals surface area contributed by atoms with Crippen LogP contribution in [0.4, 0.5) is 5.69 Å². The molecule has 1 N–H and O–H groups in total. The molecule has 1 fully saturated rings. The van der Waals surface area contributed by atoms with Gasteiger partial charge in [-0.25, -0.2) is 9.98 Å². The number of hydrogen-bond acceptors (Lipinski definition) is 5. The normalized spacial score (nSPS) is 18.8. The van der Waals surface area contributed by atoms with Crippen molar-refractivity contribution in [1.29, 1.82) is 0 Å². The quantitative estimate of drug-likeness (QED) is 0.922. The number of halogens is 1. The maximum Gasteiger partial charge on any atom is 0.249 e. The molecule has 0 spiro atoms. The summed E-state index contributed by atoms with van der Waals surface area (Å²) >= 11 is 6.53. The molecule has 24 heavy (non-hydrogen) atoms. The number of fused-ring (bicyclic) bond motifs is 2. The predicted molar refractivity (Wildman–Crippen MR) is 89.2 cm³/mol. The third-order valence-electron chi connectivity index (χ3n) is 4.24. The van der Waals surface area contributed by atoms with Crippen molar-refractivity contribution in [3.8, 4) is 5.75 Å². The number of nitrogens with one attached hydrogen (secondary N) is 1. The topological polar surface area (TPSA) is 71.7 Å². The minimum absolute atomic E-state index is 0.0169. The van der Waals surface area contributed by atoms with E-state index in [1.54, 1.807) is 18.6 Å². The highest BCUT2D eigenvalue weighted by molar-refractivity contribution is 6.33. The van der Waals surface area contributed by atoms with Crippen LogP contribution in [0.2, 0.25) is 5.02 Å². The summed E-state index contributed by atoms with van der Waals surface area (Å²) in [7, 11) is 0. The van der Waals surface area contributed by atoms with E-state index in [9.17, 15) is 4.79 Å². The first-order valence-electron chi connectivity index (χ1n) is 7.73. The van der Waals surface area contributed by atoms with Gasteiger partial charge in [-0.2, -0.15) is 0 Å². The molecular weight excluding hydrogens is 330 g/mol. The lowest BCUT2D eigenvalue weighted by molar-refractivity contribution is -0.121. The number of ether oxygens (including phenoxy) is 1. The van der Waals surface area contributed by atoms with Gasteiger partial charge in [-0.15, -0.1) is 0 Å². The summed E-state index contributed by atoms with van der Waals surface area (Å²) < 4.78 is 7.58. The molecule has 1 atom stereocenters. The van der Waals surface area contributed by atoms with Crippen LogP contribution in [0.1, 0.15) is 18.9 Å². The molecule has 1 saturated heterocycles. The van der Waals surface area contributed by atoms with E-state index >= 15 is 0 Å². The minimum Gasteiger partial charge on any atom is -0.471 e. The first-order valence-corrected chi connectivity index (χ1v) is 8.11. The van der Waals surface area contributed by atoms with Crippen LogP contribution in [-0.2, 0) is 18.1 Å². The average Bonchev–Trinajstić information content (AvgIpc) is 3.19. The number of benzene rings is 1. The van der Waals surface area contributed by atoms with E-state index in [1.165, 1.54) is 0 Å². The molecule has 0 radical (unpaired) electrons. The smallest absolute Gasteiger partial charge is 0.249 e. The second kappa shape index (κ2) is 5.83. The molecule has 0 aliphatic carbocycles. The van der Waals surface area contributed by atoms with Crippen molar-refractivity contribution < 1.29 is 9.53 Å². The molecule has 124 valence electrons. The van der Waals surface area contributed by atoms with Crippen LogP contribution in [0.3, 0.4) is 0 Å². The number of nitrogens with zero attached hydrogens (tertiary/aromatic N) is 4. The molecule has 0 saturated carbocycles. The van der Waals surface area contributed by atoms with Gasteiger partial charge in [0.25, 0.3) is 0 Å². The molecule has 7 nitrogen and oxygen atoms in total. The van der Waals surface area contributed by atoms with Gasteiger partial charge in [0, 0.05) is 18.0 Å². The van der Waals surface area contributed by atoms with E-state index in [-0.39, 0.29) is 11.9 Å². The molecule has 8 heteroatoms. The standard InChI is InChI=1S/C16H16ClN5O2/c1-2-12-15(23)20-16-19-11-3-4-13(14(17)10(11)7-22(12)16)24-9-21-6-5-18-8-21/h3-6,8,12H,2,7,9H2,1H3,(H,19,20,23). The van der Waals surface area contributed by atoms with Crippen molar-refractivity contribution in [3.63, 3.8) is 0 Å². The third kappa shape index (κ3) is 2.41. The van der Waals surface area contributed by atoms with Gasteiger partial charge in [0.1, 0.15) is 11.8 Å². The lowest BCUT2D eigenvalue weighted by atomic mass is 10.1. The fourth-order valence-electron chi connectivity index (χ4n) is 2.99. The van der Waals surface area contributed by atoms with Crippen molar-refractivity contribution in [2.24, 2.45) is 4.99 Å². The van der Waals surface area contributed by atoms with Crippen LogP contribution in [0.5, 0.6) is 5.75 Å². The van der Waals surface area contributed by atoms with Gasteiger partial charge in [-0.3, -0.25) is 10.1 Å². The lowest BCUT2D eigenvalue weighted by Crippen LogP contribution is -2.36. The van der Waals surface area contributed by atoms with Crippen LogP contribution >= 0.6 is 11.6 Å². The Balaban J connectivity index is 1.61. The maximum absolute atomic E-state index is 12.0. The van der Waals surface area contributed by atoms with Gasteiger partial charge >= 0.3 is 0 Å². The van der Waals surface area contributed by atoms with Gasteiger partial charge in [0.2, 0.25) is 11.9 Å². The Morgan fingerprint density at radius 2 is 2.33 bits per heavy atom. The lowest BCUT2D eigenvalue weighted by Gasteiger charge is -2.28. The van der Waals surface area contributed by atoms with E-state index in [0.29, 0.717) is 36.4 Å². The van der Waals surface area contributed by atoms with E-state index in [1.807, 2.05) is 28.7 Å². The number of rotatable bonds is 4. The van der Waals surface area contributed by atoms with Gasteiger partial charge in [-0.1, -0.05) is 18.5 Å². The Morgan fingerprint density at radius 3 is 3.08 bits per heavy atom. The van der Waals surface area contributed by atoms with Crippen LogP contribution < -0.4 is 10.1 Å². The Morgan fingerprint density at radius 1 is 1.46 bits per heavy atom. The van der Waals surface area contributed by atoms with Crippen molar-refractivity contribution in [2.45, 2.75) is 32.7 Å². The van der Waals surface area contributed by atoms with Gasteiger partial charge in [-0.05, 0) is 18.6 Å². The molecular formula is C16H16ClN5O2. The zero-order valence-corrected chi connectivity index (χ0v) is 13.8. The molecule has 2 aliphatic rings. The van der Waals surface area contributed by atoms with Crippen LogP contribution in [-0.4, -0.2) is 32.4 Å². The zero-order valence-electron chi connectivity index (χ0n) is 13.1. The molecule has 1 aromatic carbocycles. The molecule has 1 aromatic heterocycles. The van der Waals surface area contributed by atoms with Crippen LogP contribution in [0.25, 0.3) is 0 Å². The second-order valence-corrected chi connectivity index (χ2v) is 6.08. The maximum atomic E-state index is 12.0. The number of hydrogen-bond donors (Lipinski definition) is 1. The molecule has 4 rings (SSSR count). The molecule has 2 aromatic rings. The number of carbonyl (C=O) groups excluding carboxylic acids is 1. The summed E-state index contributed by atoms with van der Waals surface area (Å²) in [5.74, 6) is 1.17. The monoisotopic (exact) mass is 345 g/mol. The Labute approximate surface area is 143 Å². The number of aliphatic imine (C=N–C) groups is 1.